The van der Waals surface area contributed by atoms with Gasteiger partial charge in [0.25, 0.3) is 0 Å². The highest BCUT2D eigenvalue weighted by atomic mass is 35.5. The van der Waals surface area contributed by atoms with Crippen molar-refractivity contribution in [1.29, 1.82) is 0 Å². The Kier molecular flexibility index (Phi) is 27.7. The van der Waals surface area contributed by atoms with Gasteiger partial charge in [-0.2, -0.15) is 8.75 Å². The van der Waals surface area contributed by atoms with Gasteiger partial charge in [0.05, 0.1) is 16.8 Å². The molecule has 0 amide bonds. The Hall–Kier alpha value is -1.27. The summed E-state index contributed by atoms with van der Waals surface area (Å²) < 4.78 is 9.82. The number of halogens is 1. The van der Waals surface area contributed by atoms with Gasteiger partial charge >= 0.3 is 0 Å². The zero-order chi connectivity index (χ0) is 42.5. The molecule has 60 heavy (non-hydrogen) atoms. The van der Waals surface area contributed by atoms with Gasteiger partial charge in [-0.3, -0.25) is 0 Å². The number of benzene rings is 1. The largest absolute Gasteiger partial charge is 0.172 e. The fourth-order valence-corrected chi connectivity index (χ4v) is 12.3. The zero-order valence-corrected chi connectivity index (χ0v) is 42.3. The molecule has 0 aliphatic carbocycles. The second-order valence-corrected chi connectivity index (χ2v) is 21.4. The SMILES string of the molecule is CCCCCCCCCCC(CCCCCCCC)Cc1csc(-c2cc(Cl)c(-c3cc(CC(CCCCCCCC)CCCCCCCCCC)cs3)c3nsnc23)c1. The molecule has 0 bridgehead atoms. The Labute approximate surface area is 387 Å². The average Bonchev–Trinajstić information content (AvgIpc) is 4.04. The third kappa shape index (κ3) is 19.6. The smallest absolute Gasteiger partial charge is 0.115 e. The minimum absolute atomic E-state index is 0.774. The van der Waals surface area contributed by atoms with Gasteiger partial charge in [0, 0.05) is 20.9 Å². The Balaban J connectivity index is 1.40. The first kappa shape index (κ1) is 51.4. The third-order valence-corrected chi connectivity index (χ3v) is 16.1. The molecule has 0 fully saturated rings. The van der Waals surface area contributed by atoms with Gasteiger partial charge in [-0.15, -0.1) is 22.7 Å². The molecule has 4 aromatic rings. The standard InChI is InChI=1S/C54H87ClN2S3/c1-5-9-13-17-21-23-27-31-35-44(33-29-25-19-15-11-7-3)37-46-39-50(58-42-46)48-41-49(55)52(54-53(48)56-60-57-54)51-40-47(43-59-51)38-45(34-30-26-20-16-12-8-4)36-32-28-24-22-18-14-10-6-2/h39-45H,5-38H2,1-4H3. The number of fused-ring (bicyclic) bond motifs is 1. The maximum atomic E-state index is 7.28. The van der Waals surface area contributed by atoms with E-state index in [-0.39, 0.29) is 0 Å². The lowest BCUT2D eigenvalue weighted by molar-refractivity contribution is 0.400. The highest BCUT2D eigenvalue weighted by molar-refractivity contribution is 7.14. The predicted molar refractivity (Wildman–Crippen MR) is 274 cm³/mol. The predicted octanol–water partition coefficient (Wildman–Crippen LogP) is 20.7. The van der Waals surface area contributed by atoms with E-state index in [1.165, 1.54) is 251 Å². The molecule has 0 N–H and O–H groups in total. The molecule has 2 nitrogen and oxygen atoms in total. The molecule has 6 heteroatoms. The lowest BCUT2D eigenvalue weighted by atomic mass is 9.89. The first-order valence-corrected chi connectivity index (χ1v) is 28.5. The van der Waals surface area contributed by atoms with E-state index >= 15 is 0 Å². The highest BCUT2D eigenvalue weighted by Gasteiger charge is 2.21. The monoisotopic (exact) mass is 895 g/mol. The maximum absolute atomic E-state index is 7.28. The molecule has 1 aromatic carbocycles. The van der Waals surface area contributed by atoms with Crippen molar-refractivity contribution in [2.45, 2.75) is 246 Å². The molecule has 0 spiro atoms. The molecular formula is C54H87ClN2S3. The van der Waals surface area contributed by atoms with Crippen LogP contribution in [0.5, 0.6) is 0 Å². The lowest BCUT2D eigenvalue weighted by Gasteiger charge is -2.16. The first-order chi connectivity index (χ1) is 29.6. The van der Waals surface area contributed by atoms with Crippen molar-refractivity contribution in [3.63, 3.8) is 0 Å². The second-order valence-electron chi connectivity index (χ2n) is 18.7. The van der Waals surface area contributed by atoms with Crippen molar-refractivity contribution in [1.82, 2.24) is 8.75 Å². The minimum atomic E-state index is 0.774. The molecule has 4 rings (SSSR count). The summed E-state index contributed by atoms with van der Waals surface area (Å²) in [6.45, 7) is 9.26. The number of hydrogen-bond donors (Lipinski definition) is 0. The molecular weight excluding hydrogens is 808 g/mol. The summed E-state index contributed by atoms with van der Waals surface area (Å²) in [4.78, 5) is 2.53. The Morgan fingerprint density at radius 3 is 1.20 bits per heavy atom. The number of rotatable bonds is 38. The molecule has 0 saturated heterocycles. The van der Waals surface area contributed by atoms with Gasteiger partial charge < -0.3 is 0 Å². The van der Waals surface area contributed by atoms with E-state index in [4.69, 9.17) is 20.3 Å². The van der Waals surface area contributed by atoms with E-state index in [1.54, 1.807) is 0 Å². The summed E-state index contributed by atoms with van der Waals surface area (Å²) in [7, 11) is 0. The van der Waals surface area contributed by atoms with E-state index < -0.39 is 0 Å². The van der Waals surface area contributed by atoms with E-state index in [0.717, 1.165) is 39.0 Å². The van der Waals surface area contributed by atoms with Gasteiger partial charge in [-0.25, -0.2) is 0 Å². The van der Waals surface area contributed by atoms with Gasteiger partial charge in [-0.05, 0) is 64.8 Å². The minimum Gasteiger partial charge on any atom is -0.172 e. The van der Waals surface area contributed by atoms with Crippen LogP contribution in [0.2, 0.25) is 5.02 Å². The molecule has 0 radical (unpaired) electrons. The Bertz CT molecular complexity index is 1640. The van der Waals surface area contributed by atoms with Crippen molar-refractivity contribution in [2.24, 2.45) is 11.8 Å². The first-order valence-electron chi connectivity index (χ1n) is 25.7. The van der Waals surface area contributed by atoms with Crippen molar-refractivity contribution in [3.05, 3.63) is 45.1 Å². The van der Waals surface area contributed by atoms with Crippen LogP contribution in [0.4, 0.5) is 0 Å². The van der Waals surface area contributed by atoms with Gasteiger partial charge in [0.15, 0.2) is 0 Å². The molecule has 338 valence electrons. The van der Waals surface area contributed by atoms with Crippen molar-refractivity contribution in [2.75, 3.05) is 0 Å². The van der Waals surface area contributed by atoms with Crippen molar-refractivity contribution in [3.8, 4) is 20.9 Å². The van der Waals surface area contributed by atoms with Crippen LogP contribution in [0, 0.1) is 11.8 Å². The number of aromatic nitrogens is 2. The number of nitrogens with zero attached hydrogens (tertiary/aromatic N) is 2. The number of unbranched alkanes of at least 4 members (excludes halogenated alkanes) is 24. The maximum Gasteiger partial charge on any atom is 0.115 e. The van der Waals surface area contributed by atoms with Crippen molar-refractivity contribution < 1.29 is 0 Å². The summed E-state index contributed by atoms with van der Waals surface area (Å²) in [5, 5.41) is 5.64. The van der Waals surface area contributed by atoms with E-state index in [1.807, 2.05) is 22.7 Å². The molecule has 3 heterocycles. The van der Waals surface area contributed by atoms with Crippen LogP contribution in [0.1, 0.15) is 244 Å². The van der Waals surface area contributed by atoms with E-state index in [9.17, 15) is 0 Å². The summed E-state index contributed by atoms with van der Waals surface area (Å²) in [6.07, 6.45) is 46.8. The quantitative estimate of drug-likeness (QED) is 0.0419. The van der Waals surface area contributed by atoms with Crippen molar-refractivity contribution >= 4 is 57.0 Å². The molecule has 0 aliphatic heterocycles. The van der Waals surface area contributed by atoms with E-state index in [2.05, 4.69) is 56.7 Å². The molecule has 0 aliphatic rings. The van der Waals surface area contributed by atoms with Crippen LogP contribution >= 0.6 is 46.0 Å². The normalized spacial score (nSPS) is 12.9. The second kappa shape index (κ2) is 32.4. The van der Waals surface area contributed by atoms with Gasteiger partial charge in [0.2, 0.25) is 0 Å². The Morgan fingerprint density at radius 1 is 0.433 bits per heavy atom. The lowest BCUT2D eigenvalue weighted by Crippen LogP contribution is -2.05. The number of hydrogen-bond acceptors (Lipinski definition) is 5. The molecule has 3 aromatic heterocycles. The highest BCUT2D eigenvalue weighted by Crippen LogP contribution is 2.44. The Morgan fingerprint density at radius 2 is 0.783 bits per heavy atom. The van der Waals surface area contributed by atoms with Crippen LogP contribution in [0.15, 0.2) is 29.0 Å². The van der Waals surface area contributed by atoms with Gasteiger partial charge in [-0.1, -0.05) is 245 Å². The van der Waals surface area contributed by atoms with Crippen LogP contribution in [0.3, 0.4) is 0 Å². The fraction of sp³-hybridized carbons (Fsp3) is 0.741. The average molecular weight is 896 g/mol. The third-order valence-electron chi connectivity index (χ3n) is 13.2. The molecule has 2 unspecified atom stereocenters. The fourth-order valence-electron chi connectivity index (χ4n) is 9.49. The topological polar surface area (TPSA) is 25.8 Å². The molecule has 2 atom stereocenters. The van der Waals surface area contributed by atoms with Gasteiger partial charge in [0.1, 0.15) is 11.0 Å². The van der Waals surface area contributed by atoms with Crippen LogP contribution in [-0.4, -0.2) is 8.75 Å². The van der Waals surface area contributed by atoms with Crippen LogP contribution < -0.4 is 0 Å². The number of thiophene rings is 2. The van der Waals surface area contributed by atoms with Crippen LogP contribution in [0.25, 0.3) is 31.9 Å². The van der Waals surface area contributed by atoms with E-state index in [0.29, 0.717) is 0 Å². The summed E-state index contributed by atoms with van der Waals surface area (Å²) in [5.41, 5.74) is 7.20. The van der Waals surface area contributed by atoms with Crippen LogP contribution in [-0.2, 0) is 12.8 Å². The molecule has 0 saturated carbocycles. The summed E-state index contributed by atoms with van der Waals surface area (Å²) in [5.74, 6) is 1.56. The zero-order valence-electron chi connectivity index (χ0n) is 39.1. The summed E-state index contributed by atoms with van der Waals surface area (Å²) in [6, 6.07) is 7.09. The summed E-state index contributed by atoms with van der Waals surface area (Å²) >= 11 is 12.3.